The van der Waals surface area contributed by atoms with Crippen LogP contribution >= 0.6 is 11.8 Å². The number of Topliss-reactive ketones (excluding diaryl/α,β-unsaturated/α-hetero) is 1. The van der Waals surface area contributed by atoms with Crippen LogP contribution in [-0.4, -0.2) is 42.1 Å². The topological polar surface area (TPSA) is 112 Å². The van der Waals surface area contributed by atoms with Gasteiger partial charge in [-0.2, -0.15) is 0 Å². The summed E-state index contributed by atoms with van der Waals surface area (Å²) in [5.74, 6) is -1.38. The second-order valence-electron chi connectivity index (χ2n) is 3.92. The zero-order valence-electron chi connectivity index (χ0n) is 10.7. The quantitative estimate of drug-likeness (QED) is 0.627. The molecule has 7 nitrogen and oxygen atoms in total. The van der Waals surface area contributed by atoms with Crippen molar-refractivity contribution in [2.45, 2.75) is 6.42 Å². The molecule has 2 rings (SSSR count). The molecule has 0 bridgehead atoms. The first kappa shape index (κ1) is 14.5. The Balaban J connectivity index is 2.33. The summed E-state index contributed by atoms with van der Waals surface area (Å²) in [6.07, 6.45) is 1.90. The largest absolute Gasteiger partial charge is 0.464 e. The van der Waals surface area contributed by atoms with Gasteiger partial charge < -0.3 is 15.0 Å². The number of methoxy groups -OCH3 is 1. The minimum absolute atomic E-state index is 0.125. The molecule has 2 N–H and O–H groups in total. The van der Waals surface area contributed by atoms with E-state index in [2.05, 4.69) is 9.89 Å². The minimum Gasteiger partial charge on any atom is -0.464 e. The third kappa shape index (κ3) is 2.52. The number of nitrogens with zero attached hydrogens (tertiary/aromatic N) is 1. The van der Waals surface area contributed by atoms with E-state index in [0.717, 1.165) is 7.11 Å². The molecule has 0 saturated carbocycles. The third-order valence-electron chi connectivity index (χ3n) is 2.61. The number of ether oxygens (including phenoxy) is 1. The number of hydrogen-bond acceptors (Lipinski definition) is 8. The Morgan fingerprint density at radius 1 is 1.50 bits per heavy atom. The molecular formula is C12H12N2O5S. The summed E-state index contributed by atoms with van der Waals surface area (Å²) < 4.78 is 9.28. The number of ketones is 2. The van der Waals surface area contributed by atoms with E-state index in [1.165, 1.54) is 17.8 Å². The van der Waals surface area contributed by atoms with Gasteiger partial charge in [-0.15, -0.1) is 11.8 Å². The van der Waals surface area contributed by atoms with Crippen molar-refractivity contribution in [2.24, 2.45) is 5.73 Å². The Morgan fingerprint density at radius 3 is 2.90 bits per heavy atom. The van der Waals surface area contributed by atoms with E-state index in [4.69, 9.17) is 10.3 Å². The summed E-state index contributed by atoms with van der Waals surface area (Å²) in [4.78, 5) is 35.9. The van der Waals surface area contributed by atoms with E-state index >= 15 is 0 Å². The molecule has 0 spiro atoms. The van der Waals surface area contributed by atoms with Crippen molar-refractivity contribution in [3.05, 3.63) is 28.0 Å². The average Bonchev–Trinajstić information content (AvgIpc) is 2.89. The molecule has 20 heavy (non-hydrogen) atoms. The molecule has 0 unspecified atom stereocenters. The van der Waals surface area contributed by atoms with E-state index in [1.54, 1.807) is 0 Å². The molecule has 0 saturated heterocycles. The molecule has 8 heteroatoms. The van der Waals surface area contributed by atoms with Crippen LogP contribution < -0.4 is 5.73 Å². The Bertz CT molecular complexity index is 605. The number of hydrogen-bond donors (Lipinski definition) is 1. The SMILES string of the molecule is COC(=O)c1noc2c1C(=O)C(SCCCN)=CC2=O. The second-order valence-corrected chi connectivity index (χ2v) is 5.06. The predicted octanol–water partition coefficient (Wildman–Crippen LogP) is 0.806. The Hall–Kier alpha value is -1.93. The van der Waals surface area contributed by atoms with Gasteiger partial charge in [0.2, 0.25) is 23.0 Å². The first-order chi connectivity index (χ1) is 9.60. The van der Waals surface area contributed by atoms with Gasteiger partial charge in [0.1, 0.15) is 5.56 Å². The third-order valence-corrected chi connectivity index (χ3v) is 3.72. The maximum atomic E-state index is 12.3. The van der Waals surface area contributed by atoms with Gasteiger partial charge in [0.05, 0.1) is 12.0 Å². The van der Waals surface area contributed by atoms with Crippen LogP contribution in [0, 0.1) is 0 Å². The molecule has 1 aliphatic carbocycles. The highest BCUT2D eigenvalue weighted by Crippen LogP contribution is 2.30. The smallest absolute Gasteiger partial charge is 0.361 e. The van der Waals surface area contributed by atoms with E-state index in [1.807, 2.05) is 0 Å². The molecule has 106 valence electrons. The predicted molar refractivity (Wildman–Crippen MR) is 70.7 cm³/mol. The molecule has 0 radical (unpaired) electrons. The number of nitrogens with two attached hydrogens (primary N) is 1. The van der Waals surface area contributed by atoms with Crippen molar-refractivity contribution in [3.8, 4) is 0 Å². The average molecular weight is 296 g/mol. The van der Waals surface area contributed by atoms with Crippen LogP contribution in [0.5, 0.6) is 0 Å². The van der Waals surface area contributed by atoms with Crippen LogP contribution in [-0.2, 0) is 4.74 Å². The van der Waals surface area contributed by atoms with Gasteiger partial charge in [0.25, 0.3) is 0 Å². The van der Waals surface area contributed by atoms with Crippen molar-refractivity contribution in [1.29, 1.82) is 0 Å². The standard InChI is InChI=1S/C12H12N2O5S/c1-18-12(17)9-8-10(16)7(20-4-2-3-13)5-6(15)11(8)19-14-9/h5H,2-4,13H2,1H3. The first-order valence-electron chi connectivity index (χ1n) is 5.81. The van der Waals surface area contributed by atoms with Crippen LogP contribution in [0.25, 0.3) is 0 Å². The molecular weight excluding hydrogens is 284 g/mol. The second kappa shape index (κ2) is 6.02. The monoisotopic (exact) mass is 296 g/mol. The van der Waals surface area contributed by atoms with Crippen LogP contribution in [0.15, 0.2) is 15.5 Å². The first-order valence-corrected chi connectivity index (χ1v) is 6.80. The van der Waals surface area contributed by atoms with Crippen molar-refractivity contribution >= 4 is 29.3 Å². The molecule has 0 atom stereocenters. The minimum atomic E-state index is -0.815. The molecule has 0 aromatic carbocycles. The highest BCUT2D eigenvalue weighted by atomic mass is 32.2. The van der Waals surface area contributed by atoms with Crippen LogP contribution in [0.2, 0.25) is 0 Å². The fraction of sp³-hybridized carbons (Fsp3) is 0.333. The summed E-state index contributed by atoms with van der Waals surface area (Å²) in [5.41, 5.74) is 4.98. The lowest BCUT2D eigenvalue weighted by molar-refractivity contribution is 0.0586. The van der Waals surface area contributed by atoms with Crippen molar-refractivity contribution in [1.82, 2.24) is 5.16 Å². The lowest BCUT2D eigenvalue weighted by atomic mass is 10.00. The fourth-order valence-electron chi connectivity index (χ4n) is 1.65. The van der Waals surface area contributed by atoms with Crippen LogP contribution in [0.4, 0.5) is 0 Å². The lowest BCUT2D eigenvalue weighted by Gasteiger charge is -2.10. The lowest BCUT2D eigenvalue weighted by Crippen LogP contribution is -2.18. The zero-order valence-corrected chi connectivity index (χ0v) is 11.5. The number of carbonyl (C=O) groups excluding carboxylic acids is 3. The maximum Gasteiger partial charge on any atom is 0.361 e. The summed E-state index contributed by atoms with van der Waals surface area (Å²) in [7, 11) is 1.16. The zero-order chi connectivity index (χ0) is 14.7. The highest BCUT2D eigenvalue weighted by molar-refractivity contribution is 8.04. The van der Waals surface area contributed by atoms with E-state index in [0.29, 0.717) is 18.7 Å². The number of aromatic nitrogens is 1. The Morgan fingerprint density at radius 2 is 2.25 bits per heavy atom. The van der Waals surface area contributed by atoms with Crippen molar-refractivity contribution in [3.63, 3.8) is 0 Å². The molecule has 1 heterocycles. The van der Waals surface area contributed by atoms with Gasteiger partial charge in [-0.3, -0.25) is 9.59 Å². The number of fused-ring (bicyclic) bond motifs is 1. The van der Waals surface area contributed by atoms with Gasteiger partial charge in [0.15, 0.2) is 0 Å². The summed E-state index contributed by atoms with van der Waals surface area (Å²) in [6, 6.07) is 0. The Labute approximate surface area is 118 Å². The van der Waals surface area contributed by atoms with Crippen LogP contribution in [0.1, 0.15) is 37.8 Å². The molecule has 1 aliphatic rings. The Kier molecular flexibility index (Phi) is 4.35. The normalized spacial score (nSPS) is 14.0. The number of rotatable bonds is 5. The number of allylic oxidation sites excluding steroid dienone is 2. The van der Waals surface area contributed by atoms with Crippen LogP contribution in [0.3, 0.4) is 0 Å². The molecule has 1 aromatic heterocycles. The van der Waals surface area contributed by atoms with Crippen molar-refractivity contribution < 1.29 is 23.6 Å². The molecule has 1 aromatic rings. The van der Waals surface area contributed by atoms with E-state index in [9.17, 15) is 14.4 Å². The number of thioether (sulfide) groups is 1. The number of carbonyl (C=O) groups is 3. The summed E-state index contributed by atoms with van der Waals surface area (Å²) in [6.45, 7) is 0.494. The van der Waals surface area contributed by atoms with Gasteiger partial charge in [-0.25, -0.2) is 4.79 Å². The maximum absolute atomic E-state index is 12.3. The van der Waals surface area contributed by atoms with Gasteiger partial charge in [-0.05, 0) is 18.7 Å². The van der Waals surface area contributed by atoms with Gasteiger partial charge in [0, 0.05) is 6.08 Å². The highest BCUT2D eigenvalue weighted by Gasteiger charge is 2.36. The summed E-state index contributed by atoms with van der Waals surface area (Å²) in [5, 5.41) is 3.45. The molecule has 0 amide bonds. The van der Waals surface area contributed by atoms with Gasteiger partial charge in [-0.1, -0.05) is 5.16 Å². The van der Waals surface area contributed by atoms with E-state index < -0.39 is 17.5 Å². The summed E-state index contributed by atoms with van der Waals surface area (Å²) >= 11 is 1.22. The fourth-order valence-corrected chi connectivity index (χ4v) is 2.61. The number of esters is 1. The van der Waals surface area contributed by atoms with E-state index in [-0.39, 0.29) is 21.9 Å². The molecule has 0 fully saturated rings. The van der Waals surface area contributed by atoms with Gasteiger partial charge >= 0.3 is 5.97 Å². The molecule has 0 aliphatic heterocycles. The van der Waals surface area contributed by atoms with Crippen molar-refractivity contribution in [2.75, 3.05) is 19.4 Å².